The second-order valence-corrected chi connectivity index (χ2v) is 8.65. The molecular formula is C28H26F3NO4. The summed E-state index contributed by atoms with van der Waals surface area (Å²) in [6.07, 6.45) is -3.35. The minimum Gasteiger partial charge on any atom is -0.465 e. The van der Waals surface area contributed by atoms with Crippen LogP contribution in [-0.4, -0.2) is 31.6 Å². The molecule has 0 saturated carbocycles. The van der Waals surface area contributed by atoms with Crippen LogP contribution in [0.1, 0.15) is 45.8 Å². The summed E-state index contributed by atoms with van der Waals surface area (Å²) in [5, 5.41) is 0. The van der Waals surface area contributed by atoms with E-state index in [2.05, 4.69) is 0 Å². The topological polar surface area (TPSA) is 55.8 Å². The number of alkyl halides is 3. The summed E-state index contributed by atoms with van der Waals surface area (Å²) in [7, 11) is 1.29. The van der Waals surface area contributed by atoms with Crippen molar-refractivity contribution in [2.75, 3.05) is 18.6 Å². The van der Waals surface area contributed by atoms with E-state index in [9.17, 15) is 22.8 Å². The Balaban J connectivity index is 1.57. The van der Waals surface area contributed by atoms with Gasteiger partial charge in [-0.05, 0) is 60.4 Å². The largest absolute Gasteiger partial charge is 0.465 e. The number of carbonyl (C=O) groups excluding carboxylic acids is 2. The highest BCUT2D eigenvalue weighted by atomic mass is 19.4. The molecule has 1 aliphatic rings. The van der Waals surface area contributed by atoms with Crippen molar-refractivity contribution < 1.29 is 32.2 Å². The molecule has 1 aliphatic heterocycles. The lowest BCUT2D eigenvalue weighted by Crippen LogP contribution is -2.49. The molecule has 0 aliphatic carbocycles. The van der Waals surface area contributed by atoms with Gasteiger partial charge in [-0.2, -0.15) is 13.2 Å². The summed E-state index contributed by atoms with van der Waals surface area (Å²) in [4.78, 5) is 27.2. The van der Waals surface area contributed by atoms with E-state index in [1.807, 2.05) is 30.3 Å². The Morgan fingerprint density at radius 3 is 2.22 bits per heavy atom. The highest BCUT2D eigenvalue weighted by Gasteiger charge is 2.38. The number of ether oxygens (including phenoxy) is 2. The van der Waals surface area contributed by atoms with E-state index in [4.69, 9.17) is 9.47 Å². The molecule has 1 amide bonds. The number of anilines is 1. The summed E-state index contributed by atoms with van der Waals surface area (Å²) < 4.78 is 49.7. The maximum atomic E-state index is 13.7. The molecule has 0 radical (unpaired) electrons. The zero-order chi connectivity index (χ0) is 25.7. The van der Waals surface area contributed by atoms with E-state index in [1.165, 1.54) is 19.2 Å². The Morgan fingerprint density at radius 2 is 1.61 bits per heavy atom. The van der Waals surface area contributed by atoms with E-state index in [1.54, 1.807) is 29.2 Å². The normalized spacial score (nSPS) is 18.2. The zero-order valence-corrected chi connectivity index (χ0v) is 19.7. The zero-order valence-electron chi connectivity index (χ0n) is 19.7. The Hall–Kier alpha value is -3.65. The number of nitrogens with zero attached hydrogens (tertiary/aromatic N) is 1. The standard InChI is InChI=1S/C28H26F3NO4/c1-35-27(34)21-9-13-23(14-10-21)32-24(18-36-17-19-5-3-2-4-6-19)15-16-25(26(32)33)20-7-11-22(12-8-20)28(29,30)31/h2-14,24-25H,15-18H2,1H3/t24-,25?/m0/s1. The van der Waals surface area contributed by atoms with Crippen LogP contribution in [0.15, 0.2) is 78.9 Å². The number of carbonyl (C=O) groups is 2. The van der Waals surface area contributed by atoms with Gasteiger partial charge < -0.3 is 14.4 Å². The van der Waals surface area contributed by atoms with Crippen molar-refractivity contribution in [3.63, 3.8) is 0 Å². The number of hydrogen-bond donors (Lipinski definition) is 0. The molecule has 0 bridgehead atoms. The Bertz CT molecular complexity index is 1180. The molecule has 3 aromatic rings. The molecule has 8 heteroatoms. The minimum absolute atomic E-state index is 0.222. The summed E-state index contributed by atoms with van der Waals surface area (Å²) in [5.74, 6) is -1.30. The molecule has 3 aromatic carbocycles. The van der Waals surface area contributed by atoms with E-state index in [0.717, 1.165) is 17.7 Å². The predicted octanol–water partition coefficient (Wildman–Crippen LogP) is 5.99. The van der Waals surface area contributed by atoms with Crippen LogP contribution in [0.3, 0.4) is 0 Å². The van der Waals surface area contributed by atoms with Crippen LogP contribution in [0.5, 0.6) is 0 Å². The third kappa shape index (κ3) is 5.76. The van der Waals surface area contributed by atoms with Crippen molar-refractivity contribution >= 4 is 17.6 Å². The summed E-state index contributed by atoms with van der Waals surface area (Å²) >= 11 is 0. The van der Waals surface area contributed by atoms with Gasteiger partial charge in [0.1, 0.15) is 0 Å². The Labute approximate surface area is 207 Å². The van der Waals surface area contributed by atoms with Crippen molar-refractivity contribution in [3.05, 3.63) is 101 Å². The highest BCUT2D eigenvalue weighted by molar-refractivity contribution is 6.00. The number of benzene rings is 3. The van der Waals surface area contributed by atoms with Gasteiger partial charge in [0, 0.05) is 5.69 Å². The molecular weight excluding hydrogens is 471 g/mol. The second kappa shape index (κ2) is 11.0. The fourth-order valence-corrected chi connectivity index (χ4v) is 4.43. The van der Waals surface area contributed by atoms with Crippen LogP contribution in [0, 0.1) is 0 Å². The average molecular weight is 498 g/mol. The molecule has 36 heavy (non-hydrogen) atoms. The first-order chi connectivity index (χ1) is 17.3. The molecule has 1 heterocycles. The molecule has 5 nitrogen and oxygen atoms in total. The highest BCUT2D eigenvalue weighted by Crippen LogP contribution is 2.36. The quantitative estimate of drug-likeness (QED) is 0.377. The Kier molecular flexibility index (Phi) is 7.74. The maximum absolute atomic E-state index is 13.7. The van der Waals surface area contributed by atoms with Crippen molar-refractivity contribution in [2.45, 2.75) is 37.6 Å². The molecule has 188 valence electrons. The first-order valence-corrected chi connectivity index (χ1v) is 11.6. The van der Waals surface area contributed by atoms with Crippen molar-refractivity contribution in [1.82, 2.24) is 0 Å². The molecule has 4 rings (SSSR count). The van der Waals surface area contributed by atoms with Gasteiger partial charge >= 0.3 is 12.1 Å². The number of halogens is 3. The van der Waals surface area contributed by atoms with Crippen LogP contribution in [0.4, 0.5) is 18.9 Å². The first-order valence-electron chi connectivity index (χ1n) is 11.6. The lowest BCUT2D eigenvalue weighted by Gasteiger charge is -2.39. The number of esters is 1. The third-order valence-electron chi connectivity index (χ3n) is 6.32. The lowest BCUT2D eigenvalue weighted by atomic mass is 9.85. The molecule has 0 spiro atoms. The molecule has 1 saturated heterocycles. The first kappa shape index (κ1) is 25.4. The summed E-state index contributed by atoms with van der Waals surface area (Å²) in [5.41, 5.74) is 1.72. The van der Waals surface area contributed by atoms with Gasteiger partial charge in [-0.3, -0.25) is 4.79 Å². The van der Waals surface area contributed by atoms with Crippen LogP contribution >= 0.6 is 0 Å². The number of hydrogen-bond acceptors (Lipinski definition) is 4. The van der Waals surface area contributed by atoms with Gasteiger partial charge in [-0.15, -0.1) is 0 Å². The van der Waals surface area contributed by atoms with Crippen molar-refractivity contribution in [2.24, 2.45) is 0 Å². The number of methoxy groups -OCH3 is 1. The van der Waals surface area contributed by atoms with E-state index >= 15 is 0 Å². The maximum Gasteiger partial charge on any atom is 0.416 e. The van der Waals surface area contributed by atoms with Crippen LogP contribution < -0.4 is 4.90 Å². The minimum atomic E-state index is -4.44. The number of rotatable bonds is 7. The molecule has 2 atom stereocenters. The molecule has 0 aromatic heterocycles. The van der Waals surface area contributed by atoms with Gasteiger partial charge in [-0.1, -0.05) is 42.5 Å². The fraction of sp³-hybridized carbons (Fsp3) is 0.286. The van der Waals surface area contributed by atoms with Crippen LogP contribution in [-0.2, 0) is 27.1 Å². The van der Waals surface area contributed by atoms with Gasteiger partial charge in [0.15, 0.2) is 0 Å². The number of amides is 1. The van der Waals surface area contributed by atoms with Crippen LogP contribution in [0.25, 0.3) is 0 Å². The van der Waals surface area contributed by atoms with Gasteiger partial charge in [-0.25, -0.2) is 4.79 Å². The molecule has 1 unspecified atom stereocenters. The summed E-state index contributed by atoms with van der Waals surface area (Å²) in [6, 6.07) is 20.7. The lowest BCUT2D eigenvalue weighted by molar-refractivity contribution is -0.137. The van der Waals surface area contributed by atoms with E-state index in [0.29, 0.717) is 42.9 Å². The SMILES string of the molecule is COC(=O)c1ccc(N2C(=O)C(c3ccc(C(F)(F)F)cc3)CC[C@H]2COCc2ccccc2)cc1. The van der Waals surface area contributed by atoms with E-state index in [-0.39, 0.29) is 11.9 Å². The van der Waals surface area contributed by atoms with E-state index < -0.39 is 23.6 Å². The van der Waals surface area contributed by atoms with Crippen molar-refractivity contribution in [1.29, 1.82) is 0 Å². The van der Waals surface area contributed by atoms with Gasteiger partial charge in [0.05, 0.1) is 43.4 Å². The average Bonchev–Trinajstić information content (AvgIpc) is 2.89. The fourth-order valence-electron chi connectivity index (χ4n) is 4.43. The molecule has 1 fully saturated rings. The summed E-state index contributed by atoms with van der Waals surface area (Å²) in [6.45, 7) is 0.683. The van der Waals surface area contributed by atoms with Crippen LogP contribution in [0.2, 0.25) is 0 Å². The van der Waals surface area contributed by atoms with Crippen molar-refractivity contribution in [3.8, 4) is 0 Å². The predicted molar refractivity (Wildman–Crippen MR) is 129 cm³/mol. The third-order valence-corrected chi connectivity index (χ3v) is 6.32. The molecule has 0 N–H and O–H groups in total. The van der Waals surface area contributed by atoms with Gasteiger partial charge in [0.2, 0.25) is 5.91 Å². The van der Waals surface area contributed by atoms with Gasteiger partial charge in [0.25, 0.3) is 0 Å². The second-order valence-electron chi connectivity index (χ2n) is 8.65. The smallest absolute Gasteiger partial charge is 0.416 e. The number of piperidine rings is 1. The Morgan fingerprint density at radius 1 is 0.944 bits per heavy atom. The monoisotopic (exact) mass is 497 g/mol.